The molecule has 19 heavy (non-hydrogen) atoms. The Bertz CT molecular complexity index is 598. The van der Waals surface area contributed by atoms with E-state index in [0.717, 1.165) is 5.56 Å². The lowest BCUT2D eigenvalue weighted by molar-refractivity contribution is 0.0779. The van der Waals surface area contributed by atoms with Crippen molar-refractivity contribution >= 4 is 17.5 Å². The Hall–Kier alpha value is -1.87. The number of aryl methyl sites for hydroxylation is 1. The number of rotatable bonds is 3. The Labute approximate surface area is 117 Å². The largest absolute Gasteiger partial charge is 0.336 e. The van der Waals surface area contributed by atoms with E-state index >= 15 is 0 Å². The number of aromatic nitrogens is 1. The molecule has 0 aliphatic carbocycles. The number of nitrogens with zero attached hydrogens (tertiary/aromatic N) is 2. The smallest absolute Gasteiger partial charge is 0.272 e. The standard InChI is InChI=1S/C15H15ClN2O/c1-11-5-3-4-6-12(11)10-18(2)15(19)14-9-13(16)7-8-17-14/h3-9H,10H2,1-2H3. The van der Waals surface area contributed by atoms with Gasteiger partial charge in [-0.3, -0.25) is 9.78 Å². The van der Waals surface area contributed by atoms with Crippen LogP contribution in [0.4, 0.5) is 0 Å². The first kappa shape index (κ1) is 13.6. The molecule has 1 amide bonds. The zero-order valence-electron chi connectivity index (χ0n) is 10.9. The van der Waals surface area contributed by atoms with Gasteiger partial charge in [-0.05, 0) is 30.2 Å². The highest BCUT2D eigenvalue weighted by molar-refractivity contribution is 6.30. The molecule has 0 radical (unpaired) electrons. The minimum Gasteiger partial charge on any atom is -0.336 e. The number of amides is 1. The molecule has 2 rings (SSSR count). The number of hydrogen-bond donors (Lipinski definition) is 0. The Morgan fingerprint density at radius 2 is 2.05 bits per heavy atom. The summed E-state index contributed by atoms with van der Waals surface area (Å²) in [6, 6.07) is 11.2. The minimum absolute atomic E-state index is 0.134. The lowest BCUT2D eigenvalue weighted by Gasteiger charge is -2.18. The van der Waals surface area contributed by atoms with Crippen LogP contribution in [0, 0.1) is 6.92 Å². The van der Waals surface area contributed by atoms with Crippen molar-refractivity contribution in [1.29, 1.82) is 0 Å². The first-order valence-electron chi connectivity index (χ1n) is 5.99. The topological polar surface area (TPSA) is 33.2 Å². The van der Waals surface area contributed by atoms with E-state index in [9.17, 15) is 4.79 Å². The number of halogens is 1. The zero-order chi connectivity index (χ0) is 13.8. The van der Waals surface area contributed by atoms with E-state index in [-0.39, 0.29) is 5.91 Å². The van der Waals surface area contributed by atoms with Crippen molar-refractivity contribution in [3.63, 3.8) is 0 Å². The number of hydrogen-bond acceptors (Lipinski definition) is 2. The summed E-state index contributed by atoms with van der Waals surface area (Å²) in [7, 11) is 1.76. The maximum Gasteiger partial charge on any atom is 0.272 e. The fourth-order valence-corrected chi connectivity index (χ4v) is 1.99. The second kappa shape index (κ2) is 5.85. The molecule has 1 aromatic carbocycles. The van der Waals surface area contributed by atoms with Gasteiger partial charge in [-0.2, -0.15) is 0 Å². The van der Waals surface area contributed by atoms with Crippen LogP contribution in [0.15, 0.2) is 42.6 Å². The van der Waals surface area contributed by atoms with Crippen molar-refractivity contribution in [2.75, 3.05) is 7.05 Å². The van der Waals surface area contributed by atoms with Gasteiger partial charge in [-0.25, -0.2) is 0 Å². The summed E-state index contributed by atoms with van der Waals surface area (Å²) in [5, 5.41) is 0.516. The maximum atomic E-state index is 12.2. The van der Waals surface area contributed by atoms with Gasteiger partial charge < -0.3 is 4.90 Å². The number of benzene rings is 1. The van der Waals surface area contributed by atoms with Gasteiger partial charge in [0.2, 0.25) is 0 Å². The van der Waals surface area contributed by atoms with Crippen LogP contribution < -0.4 is 0 Å². The molecule has 0 atom stereocenters. The molecule has 2 aromatic rings. The molecule has 4 heteroatoms. The van der Waals surface area contributed by atoms with Crippen molar-refractivity contribution in [3.05, 3.63) is 64.4 Å². The van der Waals surface area contributed by atoms with Crippen molar-refractivity contribution in [2.45, 2.75) is 13.5 Å². The Kier molecular flexibility index (Phi) is 4.17. The van der Waals surface area contributed by atoms with Crippen LogP contribution in [0.5, 0.6) is 0 Å². The highest BCUT2D eigenvalue weighted by atomic mass is 35.5. The summed E-state index contributed by atoms with van der Waals surface area (Å²) in [6.45, 7) is 2.59. The van der Waals surface area contributed by atoms with Crippen LogP contribution in [0.25, 0.3) is 0 Å². The van der Waals surface area contributed by atoms with Crippen LogP contribution in [0.1, 0.15) is 21.6 Å². The van der Waals surface area contributed by atoms with E-state index in [2.05, 4.69) is 4.98 Å². The lowest BCUT2D eigenvalue weighted by Crippen LogP contribution is -2.27. The SMILES string of the molecule is Cc1ccccc1CN(C)C(=O)c1cc(Cl)ccn1. The van der Waals surface area contributed by atoms with Crippen LogP contribution in [0.3, 0.4) is 0 Å². The molecule has 0 N–H and O–H groups in total. The average molecular weight is 275 g/mol. The number of pyridine rings is 1. The highest BCUT2D eigenvalue weighted by Gasteiger charge is 2.14. The van der Waals surface area contributed by atoms with Gasteiger partial charge in [0.1, 0.15) is 5.69 Å². The normalized spacial score (nSPS) is 10.3. The second-order valence-electron chi connectivity index (χ2n) is 4.45. The third-order valence-electron chi connectivity index (χ3n) is 2.96. The molecule has 0 fully saturated rings. The van der Waals surface area contributed by atoms with Crippen molar-refractivity contribution in [1.82, 2.24) is 9.88 Å². The van der Waals surface area contributed by atoms with Gasteiger partial charge in [0.25, 0.3) is 5.91 Å². The summed E-state index contributed by atoms with van der Waals surface area (Å²) in [5.74, 6) is -0.134. The van der Waals surface area contributed by atoms with Gasteiger partial charge in [0, 0.05) is 24.8 Å². The van der Waals surface area contributed by atoms with E-state index in [1.165, 1.54) is 11.8 Å². The zero-order valence-corrected chi connectivity index (χ0v) is 11.7. The fraction of sp³-hybridized carbons (Fsp3) is 0.200. The van der Waals surface area contributed by atoms with E-state index in [1.54, 1.807) is 24.1 Å². The van der Waals surface area contributed by atoms with Gasteiger partial charge in [-0.15, -0.1) is 0 Å². The summed E-state index contributed by atoms with van der Waals surface area (Å²) >= 11 is 5.87. The van der Waals surface area contributed by atoms with E-state index < -0.39 is 0 Å². The minimum atomic E-state index is -0.134. The monoisotopic (exact) mass is 274 g/mol. The Morgan fingerprint density at radius 1 is 1.32 bits per heavy atom. The molecule has 0 unspecified atom stereocenters. The quantitative estimate of drug-likeness (QED) is 0.860. The van der Waals surface area contributed by atoms with E-state index in [1.807, 2.05) is 31.2 Å². The molecule has 1 heterocycles. The molecule has 0 saturated carbocycles. The van der Waals surface area contributed by atoms with Crippen LogP contribution in [-0.2, 0) is 6.54 Å². The predicted octanol–water partition coefficient (Wildman–Crippen LogP) is 3.32. The maximum absolute atomic E-state index is 12.2. The molecule has 98 valence electrons. The van der Waals surface area contributed by atoms with Gasteiger partial charge in [0.05, 0.1) is 0 Å². The van der Waals surface area contributed by atoms with Crippen LogP contribution in [0.2, 0.25) is 5.02 Å². The fourth-order valence-electron chi connectivity index (χ4n) is 1.83. The van der Waals surface area contributed by atoms with Crippen molar-refractivity contribution in [2.24, 2.45) is 0 Å². The van der Waals surface area contributed by atoms with Gasteiger partial charge in [-0.1, -0.05) is 35.9 Å². The molecule has 0 bridgehead atoms. The first-order valence-corrected chi connectivity index (χ1v) is 6.37. The molecule has 0 aliphatic rings. The molecule has 0 saturated heterocycles. The second-order valence-corrected chi connectivity index (χ2v) is 4.88. The Morgan fingerprint density at radius 3 is 2.74 bits per heavy atom. The Balaban J connectivity index is 2.14. The van der Waals surface area contributed by atoms with Gasteiger partial charge >= 0.3 is 0 Å². The molecule has 0 aliphatic heterocycles. The van der Waals surface area contributed by atoms with Crippen LogP contribution in [-0.4, -0.2) is 22.8 Å². The summed E-state index contributed by atoms with van der Waals surface area (Å²) in [6.07, 6.45) is 1.54. The van der Waals surface area contributed by atoms with Gasteiger partial charge in [0.15, 0.2) is 0 Å². The molecule has 1 aromatic heterocycles. The average Bonchev–Trinajstić information content (AvgIpc) is 2.40. The summed E-state index contributed by atoms with van der Waals surface area (Å²) in [4.78, 5) is 17.9. The molecular weight excluding hydrogens is 260 g/mol. The van der Waals surface area contributed by atoms with E-state index in [0.29, 0.717) is 17.3 Å². The lowest BCUT2D eigenvalue weighted by atomic mass is 10.1. The number of carbonyl (C=O) groups excluding carboxylic acids is 1. The predicted molar refractivity (Wildman–Crippen MR) is 76.2 cm³/mol. The highest BCUT2D eigenvalue weighted by Crippen LogP contribution is 2.13. The third kappa shape index (κ3) is 3.32. The first-order chi connectivity index (χ1) is 9.08. The summed E-state index contributed by atoms with van der Waals surface area (Å²) < 4.78 is 0. The molecular formula is C15H15ClN2O. The van der Waals surface area contributed by atoms with Crippen molar-refractivity contribution in [3.8, 4) is 0 Å². The van der Waals surface area contributed by atoms with Crippen LogP contribution >= 0.6 is 11.6 Å². The summed E-state index contributed by atoms with van der Waals surface area (Å²) in [5.41, 5.74) is 2.66. The third-order valence-corrected chi connectivity index (χ3v) is 3.19. The van der Waals surface area contributed by atoms with E-state index in [4.69, 9.17) is 11.6 Å². The number of carbonyl (C=O) groups is 1. The molecule has 0 spiro atoms. The molecule has 3 nitrogen and oxygen atoms in total. The van der Waals surface area contributed by atoms with Crippen molar-refractivity contribution < 1.29 is 4.79 Å².